The first kappa shape index (κ1) is 35.2. The first-order chi connectivity index (χ1) is 29.5. The Morgan fingerprint density at radius 1 is 0.333 bits per heavy atom. The molecule has 7 aromatic carbocycles. The molecule has 0 atom stereocenters. The van der Waals surface area contributed by atoms with Crippen LogP contribution in [0.25, 0.3) is 88.4 Å². The molecule has 0 aliphatic heterocycles. The Morgan fingerprint density at radius 3 is 1.15 bits per heavy atom. The van der Waals surface area contributed by atoms with Crippen LogP contribution in [0.2, 0.25) is 0 Å². The topological polar surface area (TPSA) is 142 Å². The fourth-order valence-electron chi connectivity index (χ4n) is 8.46. The summed E-state index contributed by atoms with van der Waals surface area (Å²) in [5, 5.41) is 54.6. The Bertz CT molecular complexity index is 3390. The van der Waals surface area contributed by atoms with Crippen molar-refractivity contribution >= 4 is 43.6 Å². The van der Waals surface area contributed by atoms with E-state index in [0.717, 1.165) is 77.0 Å². The lowest BCUT2D eigenvalue weighted by Crippen LogP contribution is -2.05. The minimum Gasteiger partial charge on any atom is -0.308 e. The van der Waals surface area contributed by atoms with Gasteiger partial charge in [0.15, 0.2) is 0 Å². The molecule has 0 spiro atoms. The number of hydrogen-bond acceptors (Lipinski definition) is 6. The molecule has 0 saturated carbocycles. The molecule has 0 unspecified atom stereocenters. The predicted molar refractivity (Wildman–Crippen MR) is 233 cm³/mol. The first-order valence-corrected chi connectivity index (χ1v) is 19.0. The van der Waals surface area contributed by atoms with E-state index < -0.39 is 0 Å². The average Bonchev–Trinajstić information content (AvgIpc) is 3.82. The van der Waals surface area contributed by atoms with E-state index >= 15 is 0 Å². The summed E-state index contributed by atoms with van der Waals surface area (Å²) in [5.41, 5.74) is 11.7. The lowest BCUT2D eigenvalue weighted by Gasteiger charge is -2.19. The highest BCUT2D eigenvalue weighted by Crippen LogP contribution is 2.42. The van der Waals surface area contributed by atoms with Gasteiger partial charge in [-0.05, 0) is 118 Å². The lowest BCUT2D eigenvalue weighted by atomic mass is 9.98. The summed E-state index contributed by atoms with van der Waals surface area (Å²) in [5.74, 6) is 0. The highest BCUT2D eigenvalue weighted by molar-refractivity contribution is 6.12. The monoisotopic (exact) mass is 762 g/mol. The Balaban J connectivity index is 1.32. The van der Waals surface area contributed by atoms with E-state index in [0.29, 0.717) is 39.2 Å². The zero-order valence-electron chi connectivity index (χ0n) is 31.6. The molecule has 0 amide bonds. The second kappa shape index (κ2) is 14.0. The van der Waals surface area contributed by atoms with Gasteiger partial charge in [-0.1, -0.05) is 60.7 Å². The van der Waals surface area contributed by atoms with E-state index in [-0.39, 0.29) is 0 Å². The summed E-state index contributed by atoms with van der Waals surface area (Å²) in [4.78, 5) is 4.30. The summed E-state index contributed by atoms with van der Waals surface area (Å²) in [7, 11) is 0. The number of fused-ring (bicyclic) bond motifs is 6. The SMILES string of the molecule is N#Cc1cc(C#N)cc(-c2ccc3c4ccccc4n(-c4cc(-c5ccncc5)cc(-n5c6ccccc6c6ccc(-c7cc(C#N)cc(C#N)c7)cc65)c4C#N)c3c2)c1. The molecule has 0 aliphatic rings. The largest absolute Gasteiger partial charge is 0.308 e. The molecular weight excluding hydrogens is 737 g/mol. The van der Waals surface area contributed by atoms with E-state index in [9.17, 15) is 26.3 Å². The van der Waals surface area contributed by atoms with Crippen LogP contribution in [0, 0.1) is 56.7 Å². The number of aromatic nitrogens is 3. The van der Waals surface area contributed by atoms with E-state index in [1.54, 1.807) is 48.8 Å². The van der Waals surface area contributed by atoms with E-state index in [1.807, 2.05) is 48.5 Å². The Morgan fingerprint density at radius 2 is 0.733 bits per heavy atom. The Labute approximate surface area is 343 Å². The number of benzene rings is 7. The third kappa shape index (κ3) is 5.61. The number of nitriles is 5. The summed E-state index contributed by atoms with van der Waals surface area (Å²) < 4.78 is 4.27. The standard InChI is InChI=1S/C52H26N8/c53-27-32-17-33(28-54)20-39(19-32)37-9-11-44-42-5-1-3-7-47(42)59(49(44)23-37)51-25-41(36-13-15-58-16-14-36)26-52(46(51)31-57)60-48-8-4-2-6-43(48)45-12-10-38(24-50(45)60)40-21-34(29-55)18-35(22-40)30-56/h1-26H. The summed E-state index contributed by atoms with van der Waals surface area (Å²) in [6.45, 7) is 0. The second-order valence-electron chi connectivity index (χ2n) is 14.5. The normalized spacial score (nSPS) is 10.9. The van der Waals surface area contributed by atoms with E-state index in [1.165, 1.54) is 0 Å². The van der Waals surface area contributed by atoms with Gasteiger partial charge < -0.3 is 9.13 Å². The van der Waals surface area contributed by atoms with Crippen molar-refractivity contribution in [3.63, 3.8) is 0 Å². The molecule has 274 valence electrons. The maximum Gasteiger partial charge on any atom is 0.104 e. The van der Waals surface area contributed by atoms with Gasteiger partial charge in [0, 0.05) is 33.9 Å². The first-order valence-electron chi connectivity index (χ1n) is 19.0. The molecule has 3 aromatic heterocycles. The van der Waals surface area contributed by atoms with Gasteiger partial charge in [0.25, 0.3) is 0 Å². The van der Waals surface area contributed by atoms with Crippen LogP contribution in [-0.2, 0) is 0 Å². The minimum absolute atomic E-state index is 0.392. The second-order valence-corrected chi connectivity index (χ2v) is 14.5. The highest BCUT2D eigenvalue weighted by Gasteiger charge is 2.23. The van der Waals surface area contributed by atoms with Crippen molar-refractivity contribution in [3.8, 4) is 75.1 Å². The molecule has 60 heavy (non-hydrogen) atoms. The summed E-state index contributed by atoms with van der Waals surface area (Å²) in [6.07, 6.45) is 3.50. The predicted octanol–water partition coefficient (Wildman–Crippen LogP) is 11.6. The lowest BCUT2D eigenvalue weighted by molar-refractivity contribution is 1.12. The van der Waals surface area contributed by atoms with Crippen LogP contribution in [0.5, 0.6) is 0 Å². The molecule has 3 heterocycles. The van der Waals surface area contributed by atoms with Gasteiger partial charge in [-0.25, -0.2) is 0 Å². The number of para-hydroxylation sites is 2. The summed E-state index contributed by atoms with van der Waals surface area (Å²) >= 11 is 0. The highest BCUT2D eigenvalue weighted by atomic mass is 15.0. The number of rotatable bonds is 5. The number of pyridine rings is 1. The van der Waals surface area contributed by atoms with E-state index in [2.05, 4.69) is 105 Å². The smallest absolute Gasteiger partial charge is 0.104 e. The van der Waals surface area contributed by atoms with Gasteiger partial charge in [-0.15, -0.1) is 0 Å². The molecule has 8 nitrogen and oxygen atoms in total. The minimum atomic E-state index is 0.392. The van der Waals surface area contributed by atoms with Crippen LogP contribution in [0.4, 0.5) is 0 Å². The number of hydrogen-bond donors (Lipinski definition) is 0. The average molecular weight is 763 g/mol. The quantitative estimate of drug-likeness (QED) is 0.171. The third-order valence-corrected chi connectivity index (χ3v) is 11.1. The van der Waals surface area contributed by atoms with Crippen LogP contribution in [0.3, 0.4) is 0 Å². The van der Waals surface area contributed by atoms with Crippen LogP contribution in [-0.4, -0.2) is 14.1 Å². The molecule has 10 aromatic rings. The van der Waals surface area contributed by atoms with Gasteiger partial charge in [-0.3, -0.25) is 4.98 Å². The molecule has 0 radical (unpaired) electrons. The van der Waals surface area contributed by atoms with Gasteiger partial charge in [0.1, 0.15) is 11.6 Å². The summed E-state index contributed by atoms with van der Waals surface area (Å²) in [6, 6.07) is 58.2. The fraction of sp³-hybridized carbons (Fsp3) is 0. The van der Waals surface area contributed by atoms with Gasteiger partial charge in [0.2, 0.25) is 0 Å². The zero-order valence-corrected chi connectivity index (χ0v) is 31.6. The van der Waals surface area contributed by atoms with Crippen LogP contribution >= 0.6 is 0 Å². The molecule has 0 aliphatic carbocycles. The van der Waals surface area contributed by atoms with Crippen molar-refractivity contribution in [3.05, 3.63) is 186 Å². The fourth-order valence-corrected chi connectivity index (χ4v) is 8.46. The Hall–Kier alpha value is -9.26. The molecule has 0 bridgehead atoms. The van der Waals surface area contributed by atoms with Crippen molar-refractivity contribution in [1.82, 2.24) is 14.1 Å². The zero-order chi connectivity index (χ0) is 40.9. The van der Waals surface area contributed by atoms with E-state index in [4.69, 9.17) is 0 Å². The van der Waals surface area contributed by atoms with Gasteiger partial charge in [0.05, 0.1) is 80.0 Å². The number of nitrogens with zero attached hydrogens (tertiary/aromatic N) is 8. The van der Waals surface area contributed by atoms with Gasteiger partial charge >= 0.3 is 0 Å². The van der Waals surface area contributed by atoms with Crippen LogP contribution < -0.4 is 0 Å². The molecule has 0 N–H and O–H groups in total. The maximum atomic E-state index is 11.4. The van der Waals surface area contributed by atoms with Crippen molar-refractivity contribution in [1.29, 1.82) is 26.3 Å². The Kier molecular flexibility index (Phi) is 8.23. The maximum absolute atomic E-state index is 11.4. The van der Waals surface area contributed by atoms with Crippen molar-refractivity contribution in [2.45, 2.75) is 0 Å². The molecular formula is C52H26N8. The van der Waals surface area contributed by atoms with Crippen LogP contribution in [0.15, 0.2) is 158 Å². The van der Waals surface area contributed by atoms with Crippen LogP contribution in [0.1, 0.15) is 27.8 Å². The molecule has 0 saturated heterocycles. The third-order valence-electron chi connectivity index (χ3n) is 11.1. The molecule has 8 heteroatoms. The van der Waals surface area contributed by atoms with Crippen molar-refractivity contribution in [2.75, 3.05) is 0 Å². The molecule has 10 rings (SSSR count). The molecule has 0 fully saturated rings. The van der Waals surface area contributed by atoms with Gasteiger partial charge in [-0.2, -0.15) is 26.3 Å². The van der Waals surface area contributed by atoms with Crippen molar-refractivity contribution in [2.24, 2.45) is 0 Å². The van der Waals surface area contributed by atoms with Crippen molar-refractivity contribution < 1.29 is 0 Å².